The van der Waals surface area contributed by atoms with Gasteiger partial charge in [-0.15, -0.1) is 0 Å². The van der Waals surface area contributed by atoms with Crippen LogP contribution >= 0.6 is 0 Å². The molecule has 0 aromatic heterocycles. The van der Waals surface area contributed by atoms with Crippen LogP contribution in [-0.4, -0.2) is 5.97 Å². The van der Waals surface area contributed by atoms with Crippen LogP contribution < -0.4 is 4.74 Å². The van der Waals surface area contributed by atoms with E-state index in [1.165, 1.54) is 38.5 Å². The van der Waals surface area contributed by atoms with Crippen LogP contribution in [0.2, 0.25) is 0 Å². The standard InChI is InChI=1S/C25H29NO2/c1-2-3-4-7-19-10-14-21(15-11-19)23-8-5-6-9-24(23)25(27)28-22-16-12-20(18-26)13-17-22/h5-6,8-9,12-13,16-17,19,21H,2-4,7,10-11,14-15H2,1H3. The van der Waals surface area contributed by atoms with Gasteiger partial charge >= 0.3 is 5.97 Å². The SMILES string of the molecule is CCCCCC1CCC(c2ccccc2C(=O)Oc2ccc(C#N)cc2)CC1. The van der Waals surface area contributed by atoms with Gasteiger partial charge in [0.05, 0.1) is 17.2 Å². The number of rotatable bonds is 7. The lowest BCUT2D eigenvalue weighted by Crippen LogP contribution is -2.18. The second kappa shape index (κ2) is 10.1. The molecule has 146 valence electrons. The first-order chi connectivity index (χ1) is 13.7. The Labute approximate surface area is 168 Å². The van der Waals surface area contributed by atoms with E-state index in [1.807, 2.05) is 18.2 Å². The zero-order valence-corrected chi connectivity index (χ0v) is 16.7. The summed E-state index contributed by atoms with van der Waals surface area (Å²) in [5.74, 6) is 1.44. The molecule has 0 atom stereocenters. The highest BCUT2D eigenvalue weighted by Crippen LogP contribution is 2.39. The van der Waals surface area contributed by atoms with Crippen LogP contribution in [0, 0.1) is 17.2 Å². The smallest absolute Gasteiger partial charge is 0.343 e. The maximum Gasteiger partial charge on any atom is 0.343 e. The highest BCUT2D eigenvalue weighted by Gasteiger charge is 2.25. The first-order valence-electron chi connectivity index (χ1n) is 10.5. The molecule has 0 radical (unpaired) electrons. The van der Waals surface area contributed by atoms with Crippen molar-refractivity contribution in [2.75, 3.05) is 0 Å². The predicted octanol–water partition coefficient (Wildman–Crippen LogP) is 6.63. The zero-order valence-electron chi connectivity index (χ0n) is 16.7. The number of nitriles is 1. The minimum atomic E-state index is -0.314. The van der Waals surface area contributed by atoms with Crippen molar-refractivity contribution >= 4 is 5.97 Å². The van der Waals surface area contributed by atoms with Crippen molar-refractivity contribution in [3.63, 3.8) is 0 Å². The van der Waals surface area contributed by atoms with Crippen LogP contribution in [-0.2, 0) is 0 Å². The Morgan fingerprint density at radius 2 is 1.75 bits per heavy atom. The van der Waals surface area contributed by atoms with Crippen molar-refractivity contribution in [2.45, 2.75) is 64.2 Å². The molecular formula is C25H29NO2. The first-order valence-corrected chi connectivity index (χ1v) is 10.5. The quantitative estimate of drug-likeness (QED) is 0.310. The summed E-state index contributed by atoms with van der Waals surface area (Å²) in [6.45, 7) is 2.25. The zero-order chi connectivity index (χ0) is 19.8. The van der Waals surface area contributed by atoms with Crippen molar-refractivity contribution in [3.8, 4) is 11.8 Å². The fourth-order valence-electron chi connectivity index (χ4n) is 4.24. The van der Waals surface area contributed by atoms with Gasteiger partial charge in [0.25, 0.3) is 0 Å². The van der Waals surface area contributed by atoms with Gasteiger partial charge in [0.1, 0.15) is 5.75 Å². The van der Waals surface area contributed by atoms with Crippen LogP contribution in [0.15, 0.2) is 48.5 Å². The summed E-state index contributed by atoms with van der Waals surface area (Å²) < 4.78 is 5.57. The van der Waals surface area contributed by atoms with E-state index in [0.717, 1.165) is 24.3 Å². The third-order valence-corrected chi connectivity index (χ3v) is 5.88. The number of carbonyl (C=O) groups excluding carboxylic acids is 1. The van der Waals surface area contributed by atoms with Crippen molar-refractivity contribution < 1.29 is 9.53 Å². The molecule has 1 saturated carbocycles. The van der Waals surface area contributed by atoms with Crippen LogP contribution in [0.5, 0.6) is 5.75 Å². The lowest BCUT2D eigenvalue weighted by molar-refractivity contribution is 0.0732. The number of hydrogen-bond donors (Lipinski definition) is 0. The number of unbranched alkanes of at least 4 members (excludes halogenated alkanes) is 2. The summed E-state index contributed by atoms with van der Waals surface area (Å²) in [6, 6.07) is 16.6. The van der Waals surface area contributed by atoms with Gasteiger partial charge in [-0.2, -0.15) is 5.26 Å². The Hall–Kier alpha value is -2.60. The largest absolute Gasteiger partial charge is 0.423 e. The number of ether oxygens (including phenoxy) is 1. The molecule has 1 fully saturated rings. The van der Waals surface area contributed by atoms with E-state index < -0.39 is 0 Å². The summed E-state index contributed by atoms with van der Waals surface area (Å²) in [4.78, 5) is 12.8. The summed E-state index contributed by atoms with van der Waals surface area (Å²) in [7, 11) is 0. The number of nitrogens with zero attached hydrogens (tertiary/aromatic N) is 1. The molecule has 0 heterocycles. The van der Waals surface area contributed by atoms with Gasteiger partial charge in [0.2, 0.25) is 0 Å². The maximum atomic E-state index is 12.8. The third kappa shape index (κ3) is 5.23. The molecule has 1 aliphatic rings. The molecule has 2 aromatic rings. The molecule has 28 heavy (non-hydrogen) atoms. The van der Waals surface area contributed by atoms with Crippen molar-refractivity contribution in [2.24, 2.45) is 5.92 Å². The second-order valence-electron chi connectivity index (χ2n) is 7.83. The van der Waals surface area contributed by atoms with Gasteiger partial charge in [0.15, 0.2) is 0 Å². The third-order valence-electron chi connectivity index (χ3n) is 5.88. The molecule has 2 aromatic carbocycles. The van der Waals surface area contributed by atoms with Gasteiger partial charge in [0, 0.05) is 0 Å². The molecule has 0 spiro atoms. The summed E-state index contributed by atoms with van der Waals surface area (Å²) >= 11 is 0. The van der Waals surface area contributed by atoms with Gasteiger partial charge in [-0.3, -0.25) is 0 Å². The normalized spacial score (nSPS) is 19.0. The average Bonchev–Trinajstić information content (AvgIpc) is 2.75. The predicted molar refractivity (Wildman–Crippen MR) is 111 cm³/mol. The van der Waals surface area contributed by atoms with E-state index in [0.29, 0.717) is 22.8 Å². The average molecular weight is 376 g/mol. The topological polar surface area (TPSA) is 50.1 Å². The van der Waals surface area contributed by atoms with E-state index in [1.54, 1.807) is 24.3 Å². The monoisotopic (exact) mass is 375 g/mol. The Bertz CT molecular complexity index is 811. The lowest BCUT2D eigenvalue weighted by Gasteiger charge is -2.29. The lowest BCUT2D eigenvalue weighted by atomic mass is 9.76. The number of esters is 1. The van der Waals surface area contributed by atoms with Crippen molar-refractivity contribution in [1.29, 1.82) is 5.26 Å². The Morgan fingerprint density at radius 3 is 2.43 bits per heavy atom. The molecule has 3 rings (SSSR count). The highest BCUT2D eigenvalue weighted by atomic mass is 16.5. The van der Waals surface area contributed by atoms with Gasteiger partial charge in [-0.25, -0.2) is 4.79 Å². The summed E-state index contributed by atoms with van der Waals surface area (Å²) in [5, 5.41) is 8.89. The molecule has 3 heteroatoms. The second-order valence-corrected chi connectivity index (χ2v) is 7.83. The van der Waals surface area contributed by atoms with Crippen molar-refractivity contribution in [3.05, 3.63) is 65.2 Å². The van der Waals surface area contributed by atoms with Gasteiger partial charge < -0.3 is 4.74 Å². The van der Waals surface area contributed by atoms with Crippen LogP contribution in [0.3, 0.4) is 0 Å². The van der Waals surface area contributed by atoms with E-state index in [4.69, 9.17) is 10.00 Å². The number of hydrogen-bond acceptors (Lipinski definition) is 3. The van der Waals surface area contributed by atoms with Gasteiger partial charge in [-0.05, 0) is 73.4 Å². The summed E-state index contributed by atoms with van der Waals surface area (Å²) in [5.41, 5.74) is 2.34. The van der Waals surface area contributed by atoms with Gasteiger partial charge in [-0.1, -0.05) is 50.8 Å². The minimum Gasteiger partial charge on any atom is -0.423 e. The van der Waals surface area contributed by atoms with Crippen LogP contribution in [0.25, 0.3) is 0 Å². The fourth-order valence-corrected chi connectivity index (χ4v) is 4.24. The maximum absolute atomic E-state index is 12.8. The molecule has 0 bridgehead atoms. The minimum absolute atomic E-state index is 0.314. The number of carbonyl (C=O) groups is 1. The summed E-state index contributed by atoms with van der Waals surface area (Å²) in [6.07, 6.45) is 10.1. The Balaban J connectivity index is 1.64. The number of benzene rings is 2. The Kier molecular flexibility index (Phi) is 7.25. The molecule has 0 amide bonds. The molecule has 0 unspecified atom stereocenters. The molecule has 0 saturated heterocycles. The van der Waals surface area contributed by atoms with Crippen molar-refractivity contribution in [1.82, 2.24) is 0 Å². The van der Waals surface area contributed by atoms with E-state index in [9.17, 15) is 4.79 Å². The molecule has 0 N–H and O–H groups in total. The van der Waals surface area contributed by atoms with E-state index in [-0.39, 0.29) is 5.97 Å². The molecule has 0 aliphatic heterocycles. The fraction of sp³-hybridized carbons (Fsp3) is 0.440. The van der Waals surface area contributed by atoms with Crippen LogP contribution in [0.1, 0.15) is 85.7 Å². The molecule has 3 nitrogen and oxygen atoms in total. The highest BCUT2D eigenvalue weighted by molar-refractivity contribution is 5.92. The van der Waals surface area contributed by atoms with Crippen LogP contribution in [0.4, 0.5) is 0 Å². The van der Waals surface area contributed by atoms with E-state index >= 15 is 0 Å². The molecular weight excluding hydrogens is 346 g/mol. The Morgan fingerprint density at radius 1 is 1.04 bits per heavy atom. The molecule has 1 aliphatic carbocycles. The van der Waals surface area contributed by atoms with E-state index in [2.05, 4.69) is 19.1 Å². The first kappa shape index (κ1) is 20.1.